The molecule has 11 heteroatoms. The molecule has 30 heavy (non-hydrogen) atoms. The van der Waals surface area contributed by atoms with Gasteiger partial charge in [-0.25, -0.2) is 13.8 Å². The standard InChI is InChI=1S/C19H15F2N5O2S2/c1-2-26-17(15-4-3-7-28-15)24-25-19(26)30-10-16(27)23-18-22-14(9-29-18)11-5-6-12(20)13(21)8-11/h3-9H,2,10H2,1H3,(H,22,23,27). The van der Waals surface area contributed by atoms with Crippen LogP contribution in [0, 0.1) is 11.6 Å². The lowest BCUT2D eigenvalue weighted by molar-refractivity contribution is -0.113. The van der Waals surface area contributed by atoms with Crippen LogP contribution in [0.2, 0.25) is 0 Å². The molecule has 4 rings (SSSR count). The van der Waals surface area contributed by atoms with Crippen molar-refractivity contribution in [3.05, 3.63) is 53.6 Å². The van der Waals surface area contributed by atoms with Crippen molar-refractivity contribution in [2.45, 2.75) is 18.6 Å². The van der Waals surface area contributed by atoms with Crippen molar-refractivity contribution in [3.63, 3.8) is 0 Å². The second-order valence-electron chi connectivity index (χ2n) is 6.03. The van der Waals surface area contributed by atoms with Gasteiger partial charge >= 0.3 is 0 Å². The van der Waals surface area contributed by atoms with Gasteiger partial charge in [-0.15, -0.1) is 21.5 Å². The summed E-state index contributed by atoms with van der Waals surface area (Å²) in [6.45, 7) is 2.58. The minimum absolute atomic E-state index is 0.108. The van der Waals surface area contributed by atoms with Crippen molar-refractivity contribution in [3.8, 4) is 22.8 Å². The Hall–Kier alpha value is -3.05. The van der Waals surface area contributed by atoms with Crippen LogP contribution < -0.4 is 5.32 Å². The van der Waals surface area contributed by atoms with Gasteiger partial charge in [0.25, 0.3) is 0 Å². The number of halogens is 2. The molecule has 0 aliphatic rings. The van der Waals surface area contributed by atoms with Crippen molar-refractivity contribution in [2.75, 3.05) is 11.1 Å². The molecule has 0 bridgehead atoms. The molecule has 1 aromatic carbocycles. The summed E-state index contributed by atoms with van der Waals surface area (Å²) in [5, 5.41) is 13.6. The van der Waals surface area contributed by atoms with Gasteiger partial charge in [-0.1, -0.05) is 11.8 Å². The molecule has 1 amide bonds. The van der Waals surface area contributed by atoms with E-state index in [4.69, 9.17) is 4.42 Å². The fourth-order valence-electron chi connectivity index (χ4n) is 2.67. The van der Waals surface area contributed by atoms with Gasteiger partial charge in [-0.05, 0) is 37.3 Å². The van der Waals surface area contributed by atoms with Crippen LogP contribution in [0.15, 0.2) is 51.5 Å². The van der Waals surface area contributed by atoms with Crippen LogP contribution in [0.5, 0.6) is 0 Å². The Balaban J connectivity index is 1.39. The summed E-state index contributed by atoms with van der Waals surface area (Å²) in [4.78, 5) is 16.6. The summed E-state index contributed by atoms with van der Waals surface area (Å²) in [7, 11) is 0. The highest BCUT2D eigenvalue weighted by atomic mass is 32.2. The monoisotopic (exact) mass is 447 g/mol. The molecular formula is C19H15F2N5O2S2. The fourth-order valence-corrected chi connectivity index (χ4v) is 4.21. The van der Waals surface area contributed by atoms with Crippen molar-refractivity contribution in [2.24, 2.45) is 0 Å². The van der Waals surface area contributed by atoms with Crippen LogP contribution in [0.1, 0.15) is 6.92 Å². The number of nitrogens with zero attached hydrogens (tertiary/aromatic N) is 4. The van der Waals surface area contributed by atoms with Crippen LogP contribution >= 0.6 is 23.1 Å². The number of thioether (sulfide) groups is 1. The van der Waals surface area contributed by atoms with Gasteiger partial charge in [0.2, 0.25) is 5.91 Å². The maximum Gasteiger partial charge on any atom is 0.236 e. The largest absolute Gasteiger partial charge is 0.461 e. The van der Waals surface area contributed by atoms with Crippen molar-refractivity contribution in [1.82, 2.24) is 19.7 Å². The maximum atomic E-state index is 13.4. The normalized spacial score (nSPS) is 11.0. The van der Waals surface area contributed by atoms with E-state index in [0.29, 0.717) is 39.7 Å². The van der Waals surface area contributed by atoms with E-state index in [9.17, 15) is 13.6 Å². The number of rotatable bonds is 7. The van der Waals surface area contributed by atoms with E-state index < -0.39 is 11.6 Å². The second-order valence-corrected chi connectivity index (χ2v) is 7.83. The summed E-state index contributed by atoms with van der Waals surface area (Å²) in [6, 6.07) is 7.11. The number of carbonyl (C=O) groups is 1. The van der Waals surface area contributed by atoms with E-state index in [0.717, 1.165) is 12.1 Å². The summed E-state index contributed by atoms with van der Waals surface area (Å²) in [5.74, 6) is -0.826. The first-order valence-corrected chi connectivity index (χ1v) is 10.7. The van der Waals surface area contributed by atoms with Crippen molar-refractivity contribution < 1.29 is 18.0 Å². The summed E-state index contributed by atoms with van der Waals surface area (Å²) in [6.07, 6.45) is 1.56. The Bertz CT molecular complexity index is 1170. The number of aromatic nitrogens is 4. The third-order valence-corrected chi connectivity index (χ3v) is 5.80. The zero-order valence-corrected chi connectivity index (χ0v) is 17.3. The molecule has 0 aliphatic heterocycles. The molecule has 0 unspecified atom stereocenters. The lowest BCUT2D eigenvalue weighted by Gasteiger charge is -2.05. The molecule has 0 fully saturated rings. The van der Waals surface area contributed by atoms with E-state index >= 15 is 0 Å². The predicted octanol–water partition coefficient (Wildman–Crippen LogP) is 4.69. The SMILES string of the molecule is CCn1c(SCC(=O)Nc2nc(-c3ccc(F)c(F)c3)cs2)nnc1-c1ccco1. The first kappa shape index (κ1) is 20.2. The number of hydrogen-bond donors (Lipinski definition) is 1. The Morgan fingerprint density at radius 3 is 2.87 bits per heavy atom. The number of amides is 1. The number of anilines is 1. The van der Waals surface area contributed by atoms with E-state index in [1.165, 1.54) is 29.2 Å². The summed E-state index contributed by atoms with van der Waals surface area (Å²) < 4.78 is 33.7. The Labute approximate surface area is 178 Å². The van der Waals surface area contributed by atoms with Gasteiger partial charge in [0, 0.05) is 17.5 Å². The minimum Gasteiger partial charge on any atom is -0.461 e. The zero-order valence-electron chi connectivity index (χ0n) is 15.6. The van der Waals surface area contributed by atoms with E-state index in [1.54, 1.807) is 23.8 Å². The number of benzene rings is 1. The van der Waals surface area contributed by atoms with Crippen LogP contribution in [-0.2, 0) is 11.3 Å². The third-order valence-electron chi connectivity index (χ3n) is 4.07. The molecule has 7 nitrogen and oxygen atoms in total. The average molecular weight is 447 g/mol. The van der Waals surface area contributed by atoms with Gasteiger partial charge in [0.15, 0.2) is 33.5 Å². The van der Waals surface area contributed by atoms with Crippen molar-refractivity contribution >= 4 is 34.1 Å². The Morgan fingerprint density at radius 2 is 2.13 bits per heavy atom. The first-order chi connectivity index (χ1) is 14.5. The molecule has 4 aromatic rings. The third kappa shape index (κ3) is 4.26. The fraction of sp³-hybridized carbons (Fsp3) is 0.158. The molecule has 0 spiro atoms. The average Bonchev–Trinajstić information content (AvgIpc) is 3.48. The lowest BCUT2D eigenvalue weighted by Crippen LogP contribution is -2.14. The number of furan rings is 1. The molecule has 0 aliphatic carbocycles. The molecule has 154 valence electrons. The van der Waals surface area contributed by atoms with Crippen LogP contribution in [-0.4, -0.2) is 31.4 Å². The van der Waals surface area contributed by atoms with Gasteiger partial charge in [-0.3, -0.25) is 9.36 Å². The van der Waals surface area contributed by atoms with Crippen molar-refractivity contribution in [1.29, 1.82) is 0 Å². The summed E-state index contributed by atoms with van der Waals surface area (Å²) in [5.41, 5.74) is 0.886. The molecule has 1 N–H and O–H groups in total. The highest BCUT2D eigenvalue weighted by Crippen LogP contribution is 2.27. The van der Waals surface area contributed by atoms with Gasteiger partial charge in [0.1, 0.15) is 0 Å². The molecule has 3 heterocycles. The van der Waals surface area contributed by atoms with E-state index in [1.807, 2.05) is 11.5 Å². The number of nitrogens with one attached hydrogen (secondary N) is 1. The van der Waals surface area contributed by atoms with Gasteiger partial charge in [0.05, 0.1) is 17.7 Å². The molecule has 0 radical (unpaired) electrons. The number of hydrogen-bond acceptors (Lipinski definition) is 7. The van der Waals surface area contributed by atoms with E-state index in [2.05, 4.69) is 20.5 Å². The smallest absolute Gasteiger partial charge is 0.236 e. The Morgan fingerprint density at radius 1 is 1.27 bits per heavy atom. The predicted molar refractivity (Wildman–Crippen MR) is 110 cm³/mol. The molecular weight excluding hydrogens is 432 g/mol. The van der Waals surface area contributed by atoms with Crippen LogP contribution in [0.3, 0.4) is 0 Å². The maximum absolute atomic E-state index is 13.4. The Kier molecular flexibility index (Phi) is 5.91. The minimum atomic E-state index is -0.948. The quantitative estimate of drug-likeness (QED) is 0.414. The van der Waals surface area contributed by atoms with E-state index in [-0.39, 0.29) is 11.7 Å². The van der Waals surface area contributed by atoms with Gasteiger partial charge < -0.3 is 9.73 Å². The lowest BCUT2D eigenvalue weighted by atomic mass is 10.2. The van der Waals surface area contributed by atoms with Crippen LogP contribution in [0.25, 0.3) is 22.8 Å². The highest BCUT2D eigenvalue weighted by molar-refractivity contribution is 7.99. The molecule has 0 saturated carbocycles. The summed E-state index contributed by atoms with van der Waals surface area (Å²) >= 11 is 2.45. The molecule has 0 saturated heterocycles. The highest BCUT2D eigenvalue weighted by Gasteiger charge is 2.17. The number of thiazole rings is 1. The van der Waals surface area contributed by atoms with Crippen LogP contribution in [0.4, 0.5) is 13.9 Å². The molecule has 3 aromatic heterocycles. The molecule has 0 atom stereocenters. The first-order valence-electron chi connectivity index (χ1n) is 8.86. The second kappa shape index (κ2) is 8.76. The van der Waals surface area contributed by atoms with Gasteiger partial charge in [-0.2, -0.15) is 0 Å². The zero-order chi connectivity index (χ0) is 21.1. The number of carbonyl (C=O) groups excluding carboxylic acids is 1. The topological polar surface area (TPSA) is 85.8 Å².